The van der Waals surface area contributed by atoms with Gasteiger partial charge >= 0.3 is 6.03 Å². The number of aliphatic hydroxyl groups is 2. The summed E-state index contributed by atoms with van der Waals surface area (Å²) < 4.78 is 0. The van der Waals surface area contributed by atoms with E-state index in [0.29, 0.717) is 25.8 Å². The van der Waals surface area contributed by atoms with Crippen LogP contribution in [0.3, 0.4) is 0 Å². The van der Waals surface area contributed by atoms with Gasteiger partial charge in [0.2, 0.25) is 0 Å². The topological polar surface area (TPSA) is 89.9 Å². The number of para-hydroxylation sites is 1. The number of ketones is 1. The van der Waals surface area contributed by atoms with E-state index in [0.717, 1.165) is 80.2 Å². The van der Waals surface area contributed by atoms with E-state index >= 15 is 0 Å². The molecule has 4 aliphatic carbocycles. The van der Waals surface area contributed by atoms with E-state index in [2.05, 4.69) is 50.4 Å². The van der Waals surface area contributed by atoms with Crippen LogP contribution in [-0.2, 0) is 6.42 Å². The van der Waals surface area contributed by atoms with E-state index in [1.807, 2.05) is 30.3 Å². The second-order valence-corrected chi connectivity index (χ2v) is 14.4. The first-order chi connectivity index (χ1) is 21.6. The third-order valence-electron chi connectivity index (χ3n) is 11.2. The number of hydrogen-bond donors (Lipinski definition) is 3. The summed E-state index contributed by atoms with van der Waals surface area (Å²) in [6, 6.07) is 15.6. The third kappa shape index (κ3) is 7.55. The van der Waals surface area contributed by atoms with Crippen LogP contribution in [0.1, 0.15) is 125 Å². The van der Waals surface area contributed by atoms with Gasteiger partial charge in [-0.05, 0) is 106 Å². The summed E-state index contributed by atoms with van der Waals surface area (Å²) in [5.41, 5.74) is 3.14. The van der Waals surface area contributed by atoms with Crippen molar-refractivity contribution in [2.45, 2.75) is 122 Å². The second-order valence-electron chi connectivity index (χ2n) is 14.4. The molecule has 6 rings (SSSR count). The van der Waals surface area contributed by atoms with Gasteiger partial charge in [0.05, 0.1) is 18.2 Å². The molecule has 0 aromatic heterocycles. The molecule has 0 aliphatic heterocycles. The smallest absolute Gasteiger partial charge is 0.321 e. The Hall–Kier alpha value is -2.96. The van der Waals surface area contributed by atoms with Crippen LogP contribution in [0.15, 0.2) is 60.2 Å². The average molecular weight is 615 g/mol. The molecule has 0 radical (unpaired) electrons. The number of allylic oxidation sites excluding steroid dienone is 2. The highest BCUT2D eigenvalue weighted by molar-refractivity contribution is 5.99. The van der Waals surface area contributed by atoms with Crippen LogP contribution in [0.2, 0.25) is 0 Å². The highest BCUT2D eigenvalue weighted by Gasteiger charge is 2.57. The predicted octanol–water partition coefficient (Wildman–Crippen LogP) is 8.43. The largest absolute Gasteiger partial charge is 0.393 e. The van der Waals surface area contributed by atoms with Gasteiger partial charge in [0.15, 0.2) is 5.78 Å². The lowest BCUT2D eigenvalue weighted by atomic mass is 9.64. The maximum Gasteiger partial charge on any atom is 0.321 e. The highest BCUT2D eigenvalue weighted by Crippen LogP contribution is 2.59. The summed E-state index contributed by atoms with van der Waals surface area (Å²) in [6.45, 7) is 7.17. The standard InChI is InChI=1S/C39H54N2O4/c1-4-24-41(37(44)40-31-15-9-6-10-16-31)27-39(45)23-21-35-33-20-18-29(26-34(33)36(43)30-13-7-5-8-14-30)25-32(42)19-17-28(2)12-11-22-38(35,39)3/h6,9-10,12,15-16,18,20,26,30,32,35,42,45H,4-5,7-8,11,13-14,17,19,21-25,27H2,1-3H3,(H,40,44). The van der Waals surface area contributed by atoms with Crippen molar-refractivity contribution in [1.82, 2.24) is 4.90 Å². The van der Waals surface area contributed by atoms with Crippen LogP contribution < -0.4 is 5.32 Å². The zero-order valence-electron chi connectivity index (χ0n) is 27.7. The molecule has 2 aromatic carbocycles. The first kappa shape index (κ1) is 33.4. The summed E-state index contributed by atoms with van der Waals surface area (Å²) in [4.78, 5) is 29.6. The van der Waals surface area contributed by atoms with Crippen molar-refractivity contribution in [3.8, 4) is 0 Å². The van der Waals surface area contributed by atoms with Crippen molar-refractivity contribution >= 4 is 17.5 Å². The summed E-state index contributed by atoms with van der Waals surface area (Å²) >= 11 is 0. The predicted molar refractivity (Wildman–Crippen MR) is 182 cm³/mol. The van der Waals surface area contributed by atoms with Crippen LogP contribution in [0, 0.1) is 11.3 Å². The number of carbonyl (C=O) groups is 2. The van der Waals surface area contributed by atoms with Crippen LogP contribution in [-0.4, -0.2) is 51.7 Å². The number of hydrogen-bond acceptors (Lipinski definition) is 4. The number of carbonyl (C=O) groups excluding carboxylic acids is 2. The minimum absolute atomic E-state index is 0.0266. The summed E-state index contributed by atoms with van der Waals surface area (Å²) in [7, 11) is 0. The molecule has 0 saturated heterocycles. The fourth-order valence-electron chi connectivity index (χ4n) is 8.36. The molecule has 3 N–H and O–H groups in total. The number of benzene rings is 2. The highest BCUT2D eigenvalue weighted by atomic mass is 16.3. The Bertz CT molecular complexity index is 1350. The van der Waals surface area contributed by atoms with Gasteiger partial charge in [0.25, 0.3) is 0 Å². The van der Waals surface area contributed by atoms with Crippen molar-refractivity contribution < 1.29 is 19.8 Å². The number of rotatable bonds is 7. The van der Waals surface area contributed by atoms with E-state index in [4.69, 9.17) is 0 Å². The Morgan fingerprint density at radius 3 is 2.49 bits per heavy atom. The van der Waals surface area contributed by atoms with Gasteiger partial charge in [0.1, 0.15) is 0 Å². The number of nitrogens with zero attached hydrogens (tertiary/aromatic N) is 1. The maximum absolute atomic E-state index is 14.3. The quantitative estimate of drug-likeness (QED) is 0.216. The number of amides is 2. The Morgan fingerprint density at radius 2 is 1.76 bits per heavy atom. The molecule has 2 aromatic rings. The SMILES string of the molecule is CCCN(CC1(O)CCC2c3ccc(cc3C(=O)C3CCCCC3)CC(O)CCC(C)=CCCC21C)C(=O)Nc1ccccc1. The zero-order chi connectivity index (χ0) is 32.0. The summed E-state index contributed by atoms with van der Waals surface area (Å²) in [5.74, 6) is 0.244. The van der Waals surface area contributed by atoms with Crippen molar-refractivity contribution in [1.29, 1.82) is 0 Å². The van der Waals surface area contributed by atoms with Gasteiger partial charge in [-0.25, -0.2) is 4.79 Å². The van der Waals surface area contributed by atoms with Crippen LogP contribution >= 0.6 is 0 Å². The fourth-order valence-corrected chi connectivity index (χ4v) is 8.36. The normalized spacial score (nSPS) is 27.7. The van der Waals surface area contributed by atoms with E-state index < -0.39 is 17.1 Å². The van der Waals surface area contributed by atoms with Crippen molar-refractivity contribution in [2.24, 2.45) is 11.3 Å². The minimum atomic E-state index is -1.13. The van der Waals surface area contributed by atoms with Gasteiger partial charge in [0, 0.05) is 29.1 Å². The molecule has 4 unspecified atom stereocenters. The van der Waals surface area contributed by atoms with E-state index in [-0.39, 0.29) is 30.2 Å². The first-order valence-electron chi connectivity index (χ1n) is 17.5. The lowest BCUT2D eigenvalue weighted by Gasteiger charge is -2.46. The van der Waals surface area contributed by atoms with Crippen molar-refractivity contribution in [3.05, 3.63) is 76.9 Å². The second kappa shape index (κ2) is 14.6. The van der Waals surface area contributed by atoms with Crippen LogP contribution in [0.5, 0.6) is 0 Å². The van der Waals surface area contributed by atoms with Crippen LogP contribution in [0.4, 0.5) is 10.5 Å². The van der Waals surface area contributed by atoms with Gasteiger partial charge < -0.3 is 20.4 Å². The molecule has 4 aliphatic rings. The fraction of sp³-hybridized carbons (Fsp3) is 0.590. The summed E-state index contributed by atoms with van der Waals surface area (Å²) in [6.07, 6.45) is 12.7. The molecule has 4 atom stereocenters. The number of Topliss-reactive ketones (excluding diaryl/α,β-unsaturated/α-hetero) is 1. The number of anilines is 1. The Morgan fingerprint density at radius 1 is 1.00 bits per heavy atom. The Kier molecular flexibility index (Phi) is 10.9. The molecular weight excluding hydrogens is 560 g/mol. The monoisotopic (exact) mass is 614 g/mol. The van der Waals surface area contributed by atoms with Gasteiger partial charge in [-0.15, -0.1) is 0 Å². The maximum atomic E-state index is 14.3. The third-order valence-corrected chi connectivity index (χ3v) is 11.2. The first-order valence-corrected chi connectivity index (χ1v) is 17.5. The van der Waals surface area contributed by atoms with Gasteiger partial charge in [-0.3, -0.25) is 4.79 Å². The molecule has 6 nitrogen and oxygen atoms in total. The molecule has 2 saturated carbocycles. The molecule has 0 spiro atoms. The van der Waals surface area contributed by atoms with Gasteiger partial charge in [-0.1, -0.05) is 75.1 Å². The molecule has 0 heterocycles. The molecule has 6 heteroatoms. The minimum Gasteiger partial charge on any atom is -0.393 e. The van der Waals surface area contributed by atoms with Crippen molar-refractivity contribution in [3.63, 3.8) is 0 Å². The zero-order valence-corrected chi connectivity index (χ0v) is 27.7. The van der Waals surface area contributed by atoms with E-state index in [1.54, 1.807) is 4.90 Å². The van der Waals surface area contributed by atoms with Crippen molar-refractivity contribution in [2.75, 3.05) is 18.4 Å². The molecule has 2 bridgehead atoms. The van der Waals surface area contributed by atoms with E-state index in [9.17, 15) is 19.8 Å². The molecule has 2 fully saturated rings. The lowest BCUT2D eigenvalue weighted by Crippen LogP contribution is -2.54. The molecule has 244 valence electrons. The summed E-state index contributed by atoms with van der Waals surface area (Å²) in [5, 5.41) is 26.7. The number of nitrogens with one attached hydrogen (secondary N) is 1. The molecule has 45 heavy (non-hydrogen) atoms. The van der Waals surface area contributed by atoms with Gasteiger partial charge in [-0.2, -0.15) is 0 Å². The number of fused-ring (bicyclic) bond motifs is 8. The average Bonchev–Trinajstić information content (AvgIpc) is 3.29. The number of urea groups is 1. The lowest BCUT2D eigenvalue weighted by molar-refractivity contribution is -0.0763. The number of aliphatic hydroxyl groups excluding tert-OH is 1. The molecule has 2 amide bonds. The van der Waals surface area contributed by atoms with Crippen LogP contribution in [0.25, 0.3) is 0 Å². The Labute approximate surface area is 270 Å². The van der Waals surface area contributed by atoms with E-state index in [1.165, 1.54) is 12.0 Å². The Balaban J connectivity index is 1.53. The molecular formula is C39H54N2O4.